The van der Waals surface area contributed by atoms with E-state index in [0.717, 1.165) is 16.1 Å². The summed E-state index contributed by atoms with van der Waals surface area (Å²) < 4.78 is 18.1. The number of nitrogens with zero attached hydrogens (tertiary/aromatic N) is 2. The first-order valence-electron chi connectivity index (χ1n) is 9.59. The molecule has 0 aliphatic rings. The summed E-state index contributed by atoms with van der Waals surface area (Å²) in [5.41, 5.74) is 3.77. The molecule has 0 saturated carbocycles. The normalized spacial score (nSPS) is 11.5. The fourth-order valence-electron chi connectivity index (χ4n) is 3.33. The van der Waals surface area contributed by atoms with Crippen LogP contribution < -0.4 is 19.0 Å². The van der Waals surface area contributed by atoms with Crippen molar-refractivity contribution in [2.75, 3.05) is 21.3 Å². The largest absolute Gasteiger partial charge is 0.493 e. The minimum atomic E-state index is -0.367. The first-order chi connectivity index (χ1) is 14.4. The van der Waals surface area contributed by atoms with Crippen LogP contribution in [0, 0.1) is 13.8 Å². The second-order valence-electron chi connectivity index (χ2n) is 6.73. The first-order valence-corrected chi connectivity index (χ1v) is 10.4. The molecule has 0 saturated heterocycles. The molecule has 30 heavy (non-hydrogen) atoms. The standard InChI is InChI=1S/C23H26N2O4S/c1-7-25-20(16-10-8-14(2)9-11-16)15(3)30-23(25)24-22(26)17-12-18(27-4)21(29-6)19(13-17)28-5/h8-13H,7H2,1-6H3. The van der Waals surface area contributed by atoms with Crippen LogP contribution in [0.25, 0.3) is 11.3 Å². The molecule has 0 unspecified atom stereocenters. The van der Waals surface area contributed by atoms with Gasteiger partial charge in [0.15, 0.2) is 16.3 Å². The number of amides is 1. The lowest BCUT2D eigenvalue weighted by molar-refractivity contribution is 0.0997. The van der Waals surface area contributed by atoms with E-state index in [1.165, 1.54) is 38.2 Å². The van der Waals surface area contributed by atoms with Crippen LogP contribution in [0.3, 0.4) is 0 Å². The quantitative estimate of drug-likeness (QED) is 0.577. The number of methoxy groups -OCH3 is 3. The van der Waals surface area contributed by atoms with E-state index in [1.54, 1.807) is 12.1 Å². The van der Waals surface area contributed by atoms with Crippen molar-refractivity contribution in [2.24, 2.45) is 4.99 Å². The van der Waals surface area contributed by atoms with Gasteiger partial charge in [0, 0.05) is 17.0 Å². The van der Waals surface area contributed by atoms with Crippen LogP contribution in [-0.4, -0.2) is 31.8 Å². The summed E-state index contributed by atoms with van der Waals surface area (Å²) >= 11 is 1.50. The fraction of sp³-hybridized carbons (Fsp3) is 0.304. The van der Waals surface area contributed by atoms with Crippen molar-refractivity contribution in [3.63, 3.8) is 0 Å². The van der Waals surface area contributed by atoms with Crippen molar-refractivity contribution < 1.29 is 19.0 Å². The van der Waals surface area contributed by atoms with Crippen molar-refractivity contribution in [2.45, 2.75) is 27.3 Å². The molecule has 0 radical (unpaired) electrons. The minimum absolute atomic E-state index is 0.367. The monoisotopic (exact) mass is 426 g/mol. The van der Waals surface area contributed by atoms with Crippen LogP contribution in [0.5, 0.6) is 17.2 Å². The Labute approximate surface area is 180 Å². The number of thiazole rings is 1. The zero-order valence-corrected chi connectivity index (χ0v) is 18.9. The zero-order chi connectivity index (χ0) is 21.8. The molecule has 1 amide bonds. The van der Waals surface area contributed by atoms with E-state index in [0.29, 0.717) is 34.2 Å². The molecule has 0 bridgehead atoms. The van der Waals surface area contributed by atoms with Gasteiger partial charge in [-0.2, -0.15) is 4.99 Å². The number of aromatic nitrogens is 1. The van der Waals surface area contributed by atoms with Gasteiger partial charge in [-0.15, -0.1) is 11.3 Å². The van der Waals surface area contributed by atoms with Crippen LogP contribution in [0.15, 0.2) is 41.4 Å². The van der Waals surface area contributed by atoms with E-state index in [-0.39, 0.29) is 5.91 Å². The minimum Gasteiger partial charge on any atom is -0.493 e. The zero-order valence-electron chi connectivity index (χ0n) is 18.1. The van der Waals surface area contributed by atoms with E-state index in [1.807, 2.05) is 6.92 Å². The predicted octanol–water partition coefficient (Wildman–Crippen LogP) is 4.62. The summed E-state index contributed by atoms with van der Waals surface area (Å²) in [6.07, 6.45) is 0. The lowest BCUT2D eigenvalue weighted by atomic mass is 10.1. The number of ether oxygens (including phenoxy) is 3. The van der Waals surface area contributed by atoms with Crippen molar-refractivity contribution >= 4 is 17.2 Å². The van der Waals surface area contributed by atoms with Gasteiger partial charge < -0.3 is 18.8 Å². The van der Waals surface area contributed by atoms with Gasteiger partial charge in [-0.05, 0) is 38.5 Å². The molecule has 0 N–H and O–H groups in total. The highest BCUT2D eigenvalue weighted by atomic mass is 32.1. The highest BCUT2D eigenvalue weighted by molar-refractivity contribution is 7.09. The summed E-state index contributed by atoms with van der Waals surface area (Å²) in [5.74, 6) is 0.907. The molecular weight excluding hydrogens is 400 g/mol. The van der Waals surface area contributed by atoms with Gasteiger partial charge in [-0.25, -0.2) is 0 Å². The van der Waals surface area contributed by atoms with Gasteiger partial charge in [0.2, 0.25) is 5.75 Å². The summed E-state index contributed by atoms with van der Waals surface area (Å²) in [5, 5.41) is 0. The Balaban J connectivity index is 2.11. The summed E-state index contributed by atoms with van der Waals surface area (Å²) in [4.78, 5) is 19.2. The van der Waals surface area contributed by atoms with Gasteiger partial charge in [0.25, 0.3) is 5.91 Å². The van der Waals surface area contributed by atoms with Crippen molar-refractivity contribution in [1.29, 1.82) is 0 Å². The molecule has 3 rings (SSSR count). The van der Waals surface area contributed by atoms with E-state index < -0.39 is 0 Å². The van der Waals surface area contributed by atoms with Crippen molar-refractivity contribution in [1.82, 2.24) is 4.57 Å². The third kappa shape index (κ3) is 4.11. The fourth-order valence-corrected chi connectivity index (χ4v) is 4.39. The molecule has 0 atom stereocenters. The molecule has 3 aromatic rings. The molecule has 0 aliphatic heterocycles. The SMILES string of the molecule is CCn1c(-c2ccc(C)cc2)c(C)sc1=NC(=O)c1cc(OC)c(OC)c(OC)c1. The van der Waals surface area contributed by atoms with E-state index >= 15 is 0 Å². The second kappa shape index (κ2) is 9.17. The topological polar surface area (TPSA) is 62.1 Å². The molecule has 1 heterocycles. The van der Waals surface area contributed by atoms with Gasteiger partial charge in [-0.1, -0.05) is 29.8 Å². The molecule has 2 aromatic carbocycles. The number of hydrogen-bond donors (Lipinski definition) is 0. The third-order valence-corrected chi connectivity index (χ3v) is 5.82. The Morgan fingerprint density at radius 3 is 2.10 bits per heavy atom. The van der Waals surface area contributed by atoms with Gasteiger partial charge in [0.05, 0.1) is 27.0 Å². The molecule has 0 fully saturated rings. The number of benzene rings is 2. The highest BCUT2D eigenvalue weighted by Gasteiger charge is 2.18. The Morgan fingerprint density at radius 1 is 1.00 bits per heavy atom. The molecule has 0 aliphatic carbocycles. The van der Waals surface area contributed by atoms with Crippen molar-refractivity contribution in [3.8, 4) is 28.5 Å². The maximum atomic E-state index is 13.0. The third-order valence-electron chi connectivity index (χ3n) is 4.83. The van der Waals surface area contributed by atoms with Crippen LogP contribution in [0.4, 0.5) is 0 Å². The number of rotatable bonds is 6. The number of aryl methyl sites for hydroxylation is 2. The maximum absolute atomic E-state index is 13.0. The molecular formula is C23H26N2O4S. The number of carbonyl (C=O) groups is 1. The average Bonchev–Trinajstić information content (AvgIpc) is 3.07. The maximum Gasteiger partial charge on any atom is 0.279 e. The van der Waals surface area contributed by atoms with E-state index in [4.69, 9.17) is 14.2 Å². The Kier molecular flexibility index (Phi) is 6.62. The second-order valence-corrected chi connectivity index (χ2v) is 7.91. The Bertz CT molecular complexity index is 1100. The number of carbonyl (C=O) groups excluding carboxylic acids is 1. The van der Waals surface area contributed by atoms with Crippen LogP contribution >= 0.6 is 11.3 Å². The molecule has 1 aromatic heterocycles. The Morgan fingerprint density at radius 2 is 1.60 bits per heavy atom. The summed E-state index contributed by atoms with van der Waals surface area (Å²) in [6.45, 7) is 6.87. The number of hydrogen-bond acceptors (Lipinski definition) is 5. The molecule has 158 valence electrons. The molecule has 7 heteroatoms. The van der Waals surface area contributed by atoms with Gasteiger partial charge in [0.1, 0.15) is 0 Å². The van der Waals surface area contributed by atoms with Gasteiger partial charge in [-0.3, -0.25) is 4.79 Å². The summed E-state index contributed by atoms with van der Waals surface area (Å²) in [7, 11) is 4.56. The highest BCUT2D eigenvalue weighted by Crippen LogP contribution is 2.38. The van der Waals surface area contributed by atoms with E-state index in [2.05, 4.69) is 47.7 Å². The first kappa shape index (κ1) is 21.6. The Hall–Kier alpha value is -3.06. The molecule has 0 spiro atoms. The molecule has 6 nitrogen and oxygen atoms in total. The van der Waals surface area contributed by atoms with Crippen molar-refractivity contribution in [3.05, 3.63) is 57.2 Å². The average molecular weight is 427 g/mol. The van der Waals surface area contributed by atoms with Gasteiger partial charge >= 0.3 is 0 Å². The lowest BCUT2D eigenvalue weighted by Crippen LogP contribution is -2.17. The lowest BCUT2D eigenvalue weighted by Gasteiger charge is -2.12. The smallest absolute Gasteiger partial charge is 0.279 e. The van der Waals surface area contributed by atoms with E-state index in [9.17, 15) is 4.79 Å². The van der Waals surface area contributed by atoms with Crippen LogP contribution in [0.2, 0.25) is 0 Å². The summed E-state index contributed by atoms with van der Waals surface area (Å²) in [6, 6.07) is 11.6. The predicted molar refractivity (Wildman–Crippen MR) is 119 cm³/mol. The van der Waals surface area contributed by atoms with Crippen LogP contribution in [-0.2, 0) is 6.54 Å². The van der Waals surface area contributed by atoms with Crippen LogP contribution in [0.1, 0.15) is 27.7 Å².